The number of nitrogens with zero attached hydrogens (tertiary/aromatic N) is 2. The average molecular weight is 474 g/mol. The van der Waals surface area contributed by atoms with E-state index < -0.39 is 10.0 Å². The van der Waals surface area contributed by atoms with Crippen LogP contribution < -0.4 is 19.9 Å². The number of sulfonamides is 1. The molecule has 3 aromatic rings. The standard InChI is InChI=1S/C23H28N4O5S/c1-15-5-6-17(11-16(15)2)33(29,30)27-9-7-26(8-10-27)14-22-24-19-13-21(32-4)20(31-3)12-18(19)23(28)25-22/h5-6,11-13H,7-10,14H2,1-4H3,(H,24,25,28)/p+1. The second kappa shape index (κ2) is 9.12. The van der Waals surface area contributed by atoms with Gasteiger partial charge in [0.15, 0.2) is 17.3 Å². The number of H-pyrrole nitrogens is 1. The molecule has 1 aliphatic rings. The maximum absolute atomic E-state index is 13.1. The van der Waals surface area contributed by atoms with E-state index in [2.05, 4.69) is 9.97 Å². The fourth-order valence-electron chi connectivity index (χ4n) is 4.08. The molecule has 0 bridgehead atoms. The fourth-order valence-corrected chi connectivity index (χ4v) is 5.61. The molecule has 176 valence electrons. The predicted octanol–water partition coefficient (Wildman–Crippen LogP) is 0.647. The number of ether oxygens (including phenoxy) is 2. The lowest BCUT2D eigenvalue weighted by molar-refractivity contribution is -0.917. The monoisotopic (exact) mass is 473 g/mol. The number of nitrogens with one attached hydrogen (secondary N) is 2. The van der Waals surface area contributed by atoms with E-state index in [0.29, 0.717) is 65.8 Å². The maximum Gasteiger partial charge on any atom is 0.259 e. The smallest absolute Gasteiger partial charge is 0.259 e. The largest absolute Gasteiger partial charge is 0.493 e. The van der Waals surface area contributed by atoms with Gasteiger partial charge in [-0.3, -0.25) is 4.79 Å². The number of aromatic amines is 1. The number of quaternary nitrogens is 1. The van der Waals surface area contributed by atoms with E-state index in [4.69, 9.17) is 9.47 Å². The second-order valence-corrected chi connectivity index (χ2v) is 10.3. The van der Waals surface area contributed by atoms with Crippen LogP contribution in [0.15, 0.2) is 40.0 Å². The molecule has 9 nitrogen and oxygen atoms in total. The molecule has 4 rings (SSSR count). The molecular weight excluding hydrogens is 444 g/mol. The van der Waals surface area contributed by atoms with Gasteiger partial charge in [0.25, 0.3) is 5.56 Å². The third-order valence-electron chi connectivity index (χ3n) is 6.22. The van der Waals surface area contributed by atoms with Gasteiger partial charge in [0.05, 0.1) is 56.2 Å². The molecule has 1 saturated heterocycles. The Bertz CT molecular complexity index is 1340. The minimum atomic E-state index is -3.53. The van der Waals surface area contributed by atoms with E-state index in [-0.39, 0.29) is 5.56 Å². The van der Waals surface area contributed by atoms with Crippen LogP contribution >= 0.6 is 0 Å². The molecule has 2 N–H and O–H groups in total. The molecule has 0 saturated carbocycles. The maximum atomic E-state index is 13.1. The van der Waals surface area contributed by atoms with E-state index >= 15 is 0 Å². The number of fused-ring (bicyclic) bond motifs is 1. The van der Waals surface area contributed by atoms with Crippen LogP contribution in [0.1, 0.15) is 17.0 Å². The summed E-state index contributed by atoms with van der Waals surface area (Å²) in [6, 6.07) is 8.56. The minimum Gasteiger partial charge on any atom is -0.493 e. The lowest BCUT2D eigenvalue weighted by atomic mass is 10.1. The van der Waals surface area contributed by atoms with Crippen molar-refractivity contribution in [3.8, 4) is 11.5 Å². The molecule has 0 spiro atoms. The Kier molecular flexibility index (Phi) is 6.42. The van der Waals surface area contributed by atoms with Crippen molar-refractivity contribution in [2.75, 3.05) is 40.4 Å². The van der Waals surface area contributed by atoms with Crippen molar-refractivity contribution in [1.29, 1.82) is 0 Å². The molecule has 1 fully saturated rings. The molecule has 10 heteroatoms. The zero-order valence-corrected chi connectivity index (χ0v) is 20.1. The van der Waals surface area contributed by atoms with E-state index in [0.717, 1.165) is 16.0 Å². The van der Waals surface area contributed by atoms with Crippen molar-refractivity contribution in [1.82, 2.24) is 14.3 Å². The summed E-state index contributed by atoms with van der Waals surface area (Å²) in [7, 11) is -0.475. The van der Waals surface area contributed by atoms with Crippen LogP contribution in [0.2, 0.25) is 0 Å². The first-order chi connectivity index (χ1) is 15.7. The van der Waals surface area contributed by atoms with E-state index in [9.17, 15) is 13.2 Å². The van der Waals surface area contributed by atoms with Gasteiger partial charge in [-0.25, -0.2) is 13.4 Å². The fraction of sp³-hybridized carbons (Fsp3) is 0.391. The van der Waals surface area contributed by atoms with Crippen LogP contribution in [0.25, 0.3) is 10.9 Å². The van der Waals surface area contributed by atoms with Gasteiger partial charge in [-0.15, -0.1) is 0 Å². The third-order valence-corrected chi connectivity index (χ3v) is 8.12. The SMILES string of the molecule is COc1cc2nc(C[NH+]3CCN(S(=O)(=O)c4ccc(C)c(C)c4)CC3)[nH]c(=O)c2cc1OC. The molecular formula is C23H29N4O5S+. The Morgan fingerprint density at radius 1 is 1.03 bits per heavy atom. The number of piperazine rings is 1. The van der Waals surface area contributed by atoms with Gasteiger partial charge in [-0.2, -0.15) is 4.31 Å². The first-order valence-electron chi connectivity index (χ1n) is 10.8. The van der Waals surface area contributed by atoms with Gasteiger partial charge in [-0.1, -0.05) is 6.07 Å². The highest BCUT2D eigenvalue weighted by molar-refractivity contribution is 7.89. The third kappa shape index (κ3) is 4.59. The van der Waals surface area contributed by atoms with Crippen LogP contribution in [0.5, 0.6) is 11.5 Å². The Morgan fingerprint density at radius 3 is 2.33 bits per heavy atom. The van der Waals surface area contributed by atoms with Gasteiger partial charge in [0, 0.05) is 6.07 Å². The Balaban J connectivity index is 1.48. The van der Waals surface area contributed by atoms with Crippen molar-refractivity contribution >= 4 is 20.9 Å². The summed E-state index contributed by atoms with van der Waals surface area (Å²) in [6.45, 7) is 6.44. The summed E-state index contributed by atoms with van der Waals surface area (Å²) in [6.07, 6.45) is 0. The summed E-state index contributed by atoms with van der Waals surface area (Å²) in [5.74, 6) is 1.53. The number of aromatic nitrogens is 2. The van der Waals surface area contributed by atoms with Crippen LogP contribution in [-0.2, 0) is 16.6 Å². The highest BCUT2D eigenvalue weighted by atomic mass is 32.2. The highest BCUT2D eigenvalue weighted by Crippen LogP contribution is 2.29. The lowest BCUT2D eigenvalue weighted by Gasteiger charge is -2.31. The summed E-state index contributed by atoms with van der Waals surface area (Å²) < 4.78 is 38.2. The van der Waals surface area contributed by atoms with Crippen molar-refractivity contribution in [2.45, 2.75) is 25.3 Å². The minimum absolute atomic E-state index is 0.244. The van der Waals surface area contributed by atoms with Gasteiger partial charge in [0.1, 0.15) is 6.54 Å². The van der Waals surface area contributed by atoms with Crippen molar-refractivity contribution in [3.05, 3.63) is 57.6 Å². The zero-order valence-electron chi connectivity index (χ0n) is 19.3. The normalized spacial score (nSPS) is 15.6. The summed E-state index contributed by atoms with van der Waals surface area (Å²) >= 11 is 0. The van der Waals surface area contributed by atoms with Crippen LogP contribution in [0.3, 0.4) is 0 Å². The van der Waals surface area contributed by atoms with Crippen molar-refractivity contribution in [2.24, 2.45) is 0 Å². The second-order valence-electron chi connectivity index (χ2n) is 8.31. The highest BCUT2D eigenvalue weighted by Gasteiger charge is 2.31. The Morgan fingerprint density at radius 2 is 1.70 bits per heavy atom. The summed E-state index contributed by atoms with van der Waals surface area (Å²) in [4.78, 5) is 21.6. The molecule has 33 heavy (non-hydrogen) atoms. The van der Waals surface area contributed by atoms with Gasteiger partial charge in [-0.05, 0) is 43.2 Å². The number of hydrogen-bond donors (Lipinski definition) is 2. The predicted molar refractivity (Wildman–Crippen MR) is 125 cm³/mol. The first-order valence-corrected chi connectivity index (χ1v) is 12.2. The molecule has 1 aliphatic heterocycles. The number of benzene rings is 2. The van der Waals surface area contributed by atoms with Gasteiger partial charge < -0.3 is 19.4 Å². The van der Waals surface area contributed by atoms with E-state index in [1.54, 1.807) is 24.3 Å². The van der Waals surface area contributed by atoms with Crippen LogP contribution in [0, 0.1) is 13.8 Å². The summed E-state index contributed by atoms with van der Waals surface area (Å²) in [5, 5.41) is 0.427. The topological polar surface area (TPSA) is 106 Å². The van der Waals surface area contributed by atoms with Crippen LogP contribution in [0.4, 0.5) is 0 Å². The molecule has 2 heterocycles. The number of methoxy groups -OCH3 is 2. The van der Waals surface area contributed by atoms with Crippen molar-refractivity contribution in [3.63, 3.8) is 0 Å². The number of aryl methyl sites for hydroxylation is 2. The van der Waals surface area contributed by atoms with E-state index in [1.165, 1.54) is 18.5 Å². The number of rotatable bonds is 6. The Labute approximate surface area is 193 Å². The molecule has 0 atom stereocenters. The molecule has 0 unspecified atom stereocenters. The summed E-state index contributed by atoms with van der Waals surface area (Å²) in [5.41, 5.74) is 2.31. The number of hydrogen-bond acceptors (Lipinski definition) is 6. The molecule has 0 aliphatic carbocycles. The van der Waals surface area contributed by atoms with Crippen LogP contribution in [-0.4, -0.2) is 63.1 Å². The Hall–Kier alpha value is -2.95. The molecule has 1 aromatic heterocycles. The van der Waals surface area contributed by atoms with Gasteiger partial charge >= 0.3 is 0 Å². The molecule has 0 amide bonds. The zero-order chi connectivity index (χ0) is 23.8. The quantitative estimate of drug-likeness (QED) is 0.545. The molecule has 0 radical (unpaired) electrons. The molecule has 2 aromatic carbocycles. The average Bonchev–Trinajstić information content (AvgIpc) is 2.80. The van der Waals surface area contributed by atoms with E-state index in [1.807, 2.05) is 19.9 Å². The van der Waals surface area contributed by atoms with Gasteiger partial charge in [0.2, 0.25) is 10.0 Å². The van der Waals surface area contributed by atoms with Crippen molar-refractivity contribution < 1.29 is 22.8 Å². The lowest BCUT2D eigenvalue weighted by Crippen LogP contribution is -3.13. The first kappa shape index (κ1) is 23.2.